The second kappa shape index (κ2) is 14.2. The molecule has 0 saturated carbocycles. The molecule has 2 amide bonds. The Bertz CT molecular complexity index is 1350. The molecule has 0 bridgehead atoms. The van der Waals surface area contributed by atoms with E-state index in [1.54, 1.807) is 4.90 Å². The number of benzene rings is 3. The molecule has 0 aliphatic heterocycles. The fraction of sp³-hybridized carbons (Fsp3) is 0.310. The molecule has 10 heteroatoms. The van der Waals surface area contributed by atoms with E-state index in [1.807, 2.05) is 61.5 Å². The molecule has 3 aromatic carbocycles. The third-order valence-corrected chi connectivity index (χ3v) is 7.82. The number of halogens is 2. The lowest BCUT2D eigenvalue weighted by Gasteiger charge is -2.32. The third kappa shape index (κ3) is 9.18. The van der Waals surface area contributed by atoms with Gasteiger partial charge in [-0.1, -0.05) is 58.4 Å². The zero-order valence-corrected chi connectivity index (χ0v) is 24.4. The number of nitrogens with one attached hydrogen (secondary N) is 1. The molecule has 0 radical (unpaired) electrons. The van der Waals surface area contributed by atoms with Gasteiger partial charge in [0.25, 0.3) is 0 Å². The topological polar surface area (TPSA) is 86.8 Å². The molecular formula is C29H33BrFN3O4S. The zero-order chi connectivity index (χ0) is 28.4. The van der Waals surface area contributed by atoms with Gasteiger partial charge in [-0.05, 0) is 60.9 Å². The van der Waals surface area contributed by atoms with Crippen LogP contribution in [0.4, 0.5) is 10.1 Å². The van der Waals surface area contributed by atoms with Crippen molar-refractivity contribution in [2.45, 2.75) is 38.8 Å². The SMILES string of the molecule is CCNC(=O)[C@H](Cc1ccccc1)N(Cc1cccc(Br)c1)C(=O)CCCN(c1ccc(F)cc1)S(C)(=O)=O. The van der Waals surface area contributed by atoms with Crippen LogP contribution in [-0.2, 0) is 32.6 Å². The molecule has 3 aromatic rings. The van der Waals surface area contributed by atoms with Crippen LogP contribution in [0.5, 0.6) is 0 Å². The third-order valence-electron chi connectivity index (χ3n) is 6.13. The largest absolute Gasteiger partial charge is 0.355 e. The van der Waals surface area contributed by atoms with Crippen molar-refractivity contribution in [3.63, 3.8) is 0 Å². The molecule has 0 heterocycles. The molecular weight excluding hydrogens is 585 g/mol. The number of sulfonamides is 1. The van der Waals surface area contributed by atoms with E-state index < -0.39 is 21.9 Å². The highest BCUT2D eigenvalue weighted by atomic mass is 79.9. The molecule has 1 N–H and O–H groups in total. The molecule has 1 atom stereocenters. The van der Waals surface area contributed by atoms with Gasteiger partial charge in [0.2, 0.25) is 21.8 Å². The quantitative estimate of drug-likeness (QED) is 0.295. The minimum atomic E-state index is -3.66. The van der Waals surface area contributed by atoms with E-state index >= 15 is 0 Å². The van der Waals surface area contributed by atoms with Gasteiger partial charge in [0.15, 0.2) is 0 Å². The second-order valence-electron chi connectivity index (χ2n) is 9.17. The van der Waals surface area contributed by atoms with E-state index in [0.29, 0.717) is 18.7 Å². The van der Waals surface area contributed by atoms with E-state index in [4.69, 9.17) is 0 Å². The standard InChI is InChI=1S/C29H33BrFN3O4S/c1-3-32-29(36)27(20-22-9-5-4-6-10-22)33(21-23-11-7-12-24(30)19-23)28(35)13-8-18-34(39(2,37)38)26-16-14-25(31)15-17-26/h4-7,9-12,14-17,19,27H,3,8,13,18,20-21H2,1-2H3,(H,32,36)/t27-/m0/s1. The Morgan fingerprint density at radius 3 is 2.26 bits per heavy atom. The summed E-state index contributed by atoms with van der Waals surface area (Å²) in [4.78, 5) is 28.5. The van der Waals surface area contributed by atoms with Crippen LogP contribution in [0.2, 0.25) is 0 Å². The van der Waals surface area contributed by atoms with Crippen molar-refractivity contribution >= 4 is 43.5 Å². The summed E-state index contributed by atoms with van der Waals surface area (Å²) in [7, 11) is -3.66. The van der Waals surface area contributed by atoms with Crippen molar-refractivity contribution in [1.82, 2.24) is 10.2 Å². The van der Waals surface area contributed by atoms with Crippen LogP contribution < -0.4 is 9.62 Å². The van der Waals surface area contributed by atoms with Gasteiger partial charge in [-0.25, -0.2) is 12.8 Å². The molecule has 3 rings (SSSR count). The van der Waals surface area contributed by atoms with Gasteiger partial charge in [0.1, 0.15) is 11.9 Å². The molecule has 0 aromatic heterocycles. The smallest absolute Gasteiger partial charge is 0.243 e. The fourth-order valence-corrected chi connectivity index (χ4v) is 5.70. The number of anilines is 1. The number of likely N-dealkylation sites (N-methyl/N-ethyl adjacent to an activating group) is 1. The van der Waals surface area contributed by atoms with Crippen LogP contribution in [0, 0.1) is 5.82 Å². The van der Waals surface area contributed by atoms with E-state index in [9.17, 15) is 22.4 Å². The summed E-state index contributed by atoms with van der Waals surface area (Å²) in [5, 5.41) is 2.86. The van der Waals surface area contributed by atoms with Gasteiger partial charge in [-0.2, -0.15) is 0 Å². The first-order chi connectivity index (χ1) is 18.6. The summed E-state index contributed by atoms with van der Waals surface area (Å²) >= 11 is 3.47. The van der Waals surface area contributed by atoms with Crippen LogP contribution in [0.1, 0.15) is 30.9 Å². The molecule has 0 unspecified atom stereocenters. The molecule has 39 heavy (non-hydrogen) atoms. The average molecular weight is 619 g/mol. The number of carbonyl (C=O) groups excluding carboxylic acids is 2. The van der Waals surface area contributed by atoms with Crippen molar-refractivity contribution in [3.05, 3.63) is 100 Å². The number of rotatable bonds is 13. The first-order valence-corrected chi connectivity index (χ1v) is 15.3. The van der Waals surface area contributed by atoms with Crippen LogP contribution >= 0.6 is 15.9 Å². The lowest BCUT2D eigenvalue weighted by Crippen LogP contribution is -2.50. The van der Waals surface area contributed by atoms with Crippen molar-refractivity contribution in [2.24, 2.45) is 0 Å². The minimum Gasteiger partial charge on any atom is -0.355 e. The van der Waals surface area contributed by atoms with E-state index in [2.05, 4.69) is 21.2 Å². The van der Waals surface area contributed by atoms with Crippen molar-refractivity contribution < 1.29 is 22.4 Å². The van der Waals surface area contributed by atoms with Gasteiger partial charge in [0, 0.05) is 36.9 Å². The summed E-state index contributed by atoms with van der Waals surface area (Å²) < 4.78 is 40.3. The maximum absolute atomic E-state index is 13.7. The predicted molar refractivity (Wildman–Crippen MR) is 155 cm³/mol. The van der Waals surface area contributed by atoms with Gasteiger partial charge in [-0.15, -0.1) is 0 Å². The van der Waals surface area contributed by atoms with Gasteiger partial charge in [-0.3, -0.25) is 13.9 Å². The van der Waals surface area contributed by atoms with Crippen LogP contribution in [0.25, 0.3) is 0 Å². The van der Waals surface area contributed by atoms with E-state index in [1.165, 1.54) is 24.3 Å². The Balaban J connectivity index is 1.85. The first-order valence-electron chi connectivity index (χ1n) is 12.7. The zero-order valence-electron chi connectivity index (χ0n) is 22.0. The number of nitrogens with zero attached hydrogens (tertiary/aromatic N) is 2. The summed E-state index contributed by atoms with van der Waals surface area (Å²) in [6, 6.07) is 21.5. The summed E-state index contributed by atoms with van der Waals surface area (Å²) in [6.07, 6.45) is 1.64. The Kier molecular flexibility index (Phi) is 11.1. The average Bonchev–Trinajstić information content (AvgIpc) is 2.89. The van der Waals surface area contributed by atoms with Gasteiger partial charge >= 0.3 is 0 Å². The Morgan fingerprint density at radius 1 is 0.974 bits per heavy atom. The Labute approximate surface area is 238 Å². The lowest BCUT2D eigenvalue weighted by molar-refractivity contribution is -0.141. The summed E-state index contributed by atoms with van der Waals surface area (Å²) in [6.45, 7) is 2.49. The molecule has 7 nitrogen and oxygen atoms in total. The second-order valence-corrected chi connectivity index (χ2v) is 12.0. The molecule has 208 valence electrons. The molecule has 0 spiro atoms. The van der Waals surface area contributed by atoms with Crippen LogP contribution in [0.3, 0.4) is 0 Å². The number of hydrogen-bond acceptors (Lipinski definition) is 4. The Hall–Kier alpha value is -3.24. The normalized spacial score (nSPS) is 12.0. The molecule has 0 saturated heterocycles. The highest BCUT2D eigenvalue weighted by Crippen LogP contribution is 2.21. The highest BCUT2D eigenvalue weighted by Gasteiger charge is 2.30. The lowest BCUT2D eigenvalue weighted by atomic mass is 10.0. The molecule has 0 aliphatic carbocycles. The van der Waals surface area contributed by atoms with Gasteiger partial charge < -0.3 is 10.2 Å². The van der Waals surface area contributed by atoms with Crippen molar-refractivity contribution in [3.8, 4) is 0 Å². The maximum Gasteiger partial charge on any atom is 0.243 e. The van der Waals surface area contributed by atoms with Crippen LogP contribution in [0.15, 0.2) is 83.3 Å². The van der Waals surface area contributed by atoms with Crippen molar-refractivity contribution in [1.29, 1.82) is 0 Å². The number of hydrogen-bond donors (Lipinski definition) is 1. The first kappa shape index (κ1) is 30.3. The van der Waals surface area contributed by atoms with Gasteiger partial charge in [0.05, 0.1) is 11.9 Å². The monoisotopic (exact) mass is 617 g/mol. The number of carbonyl (C=O) groups is 2. The predicted octanol–water partition coefficient (Wildman–Crippen LogP) is 4.91. The molecule has 0 fully saturated rings. The molecule has 0 aliphatic rings. The van der Waals surface area contributed by atoms with E-state index in [-0.39, 0.29) is 37.7 Å². The Morgan fingerprint density at radius 2 is 1.64 bits per heavy atom. The fourth-order valence-electron chi connectivity index (χ4n) is 4.29. The van der Waals surface area contributed by atoms with Crippen molar-refractivity contribution in [2.75, 3.05) is 23.7 Å². The minimum absolute atomic E-state index is 0.0198. The highest BCUT2D eigenvalue weighted by molar-refractivity contribution is 9.10. The maximum atomic E-state index is 13.7. The van der Waals surface area contributed by atoms with E-state index in [0.717, 1.165) is 26.2 Å². The summed E-state index contributed by atoms with van der Waals surface area (Å²) in [5.41, 5.74) is 2.09. The summed E-state index contributed by atoms with van der Waals surface area (Å²) in [5.74, 6) is -0.996. The number of amides is 2. The van der Waals surface area contributed by atoms with Crippen LogP contribution in [-0.4, -0.2) is 50.5 Å².